The summed E-state index contributed by atoms with van der Waals surface area (Å²) in [7, 11) is 0. The van der Waals surface area contributed by atoms with Gasteiger partial charge in [0, 0.05) is 38.4 Å². The van der Waals surface area contributed by atoms with Gasteiger partial charge in [0.2, 0.25) is 0 Å². The molecule has 1 amide bonds. The van der Waals surface area contributed by atoms with Crippen LogP contribution in [0.15, 0.2) is 81.5 Å². The van der Waals surface area contributed by atoms with Crippen molar-refractivity contribution < 1.29 is 4.79 Å². The van der Waals surface area contributed by atoms with E-state index in [0.29, 0.717) is 18.0 Å². The molecule has 3 nitrogen and oxygen atoms in total. The van der Waals surface area contributed by atoms with Crippen LogP contribution in [0.4, 0.5) is 5.69 Å². The summed E-state index contributed by atoms with van der Waals surface area (Å²) in [6.45, 7) is 0.563. The number of nitrogens with one attached hydrogen (secondary N) is 1. The van der Waals surface area contributed by atoms with Gasteiger partial charge < -0.3 is 5.32 Å². The zero-order valence-corrected chi connectivity index (χ0v) is 20.1. The van der Waals surface area contributed by atoms with Gasteiger partial charge in [-0.25, -0.2) is 0 Å². The Morgan fingerprint density at radius 3 is 2.67 bits per heavy atom. The number of rotatable bonds is 5. The molecule has 33 heavy (non-hydrogen) atoms. The van der Waals surface area contributed by atoms with Crippen molar-refractivity contribution in [1.82, 2.24) is 5.32 Å². The van der Waals surface area contributed by atoms with Crippen molar-refractivity contribution in [2.75, 3.05) is 6.54 Å². The maximum atomic E-state index is 12.9. The number of benzene rings is 3. The summed E-state index contributed by atoms with van der Waals surface area (Å²) in [5, 5.41) is 3.76. The number of amides is 1. The minimum atomic E-state index is -0.0685. The summed E-state index contributed by atoms with van der Waals surface area (Å²) in [4.78, 5) is 20.4. The molecule has 5 rings (SSSR count). The Bertz CT molecular complexity index is 1200. The van der Waals surface area contributed by atoms with Crippen molar-refractivity contribution in [3.63, 3.8) is 0 Å². The van der Waals surface area contributed by atoms with Gasteiger partial charge in [0.1, 0.15) is 0 Å². The van der Waals surface area contributed by atoms with Gasteiger partial charge in [-0.05, 0) is 61.2 Å². The number of nitrogens with zero attached hydrogens (tertiary/aromatic N) is 1. The lowest BCUT2D eigenvalue weighted by Gasteiger charge is -2.24. The summed E-state index contributed by atoms with van der Waals surface area (Å²) in [5.41, 5.74) is 5.10. The number of halogens is 1. The van der Waals surface area contributed by atoms with Crippen LogP contribution < -0.4 is 5.32 Å². The third kappa shape index (κ3) is 5.18. The second-order valence-electron chi connectivity index (χ2n) is 8.75. The molecule has 0 saturated heterocycles. The molecule has 1 aliphatic carbocycles. The van der Waals surface area contributed by atoms with Gasteiger partial charge in [0.05, 0.1) is 11.4 Å². The summed E-state index contributed by atoms with van der Waals surface area (Å²) >= 11 is 7.81. The molecule has 0 radical (unpaired) electrons. The summed E-state index contributed by atoms with van der Waals surface area (Å²) in [6, 6.07) is 22.2. The zero-order chi connectivity index (χ0) is 22.6. The van der Waals surface area contributed by atoms with E-state index in [1.54, 1.807) is 11.8 Å². The van der Waals surface area contributed by atoms with Gasteiger partial charge in [-0.15, -0.1) is 0 Å². The summed E-state index contributed by atoms with van der Waals surface area (Å²) in [5.74, 6) is 0.419. The molecule has 168 valence electrons. The van der Waals surface area contributed by atoms with Crippen LogP contribution in [0.1, 0.15) is 53.6 Å². The van der Waals surface area contributed by atoms with Crippen molar-refractivity contribution in [3.05, 3.63) is 88.4 Å². The predicted molar refractivity (Wildman–Crippen MR) is 137 cm³/mol. The number of fused-ring (bicyclic) bond motifs is 2. The van der Waals surface area contributed by atoms with Gasteiger partial charge in [0.15, 0.2) is 0 Å². The first-order valence-electron chi connectivity index (χ1n) is 11.7. The second-order valence-corrected chi connectivity index (χ2v) is 10.3. The number of hydrogen-bond acceptors (Lipinski definition) is 3. The molecule has 0 bridgehead atoms. The van der Waals surface area contributed by atoms with Crippen LogP contribution >= 0.6 is 23.4 Å². The lowest BCUT2D eigenvalue weighted by Crippen LogP contribution is -2.25. The molecule has 0 aromatic heterocycles. The van der Waals surface area contributed by atoms with E-state index in [-0.39, 0.29) is 5.91 Å². The SMILES string of the molecule is O=C(NCCc1cccc(Cl)c1)c1ccc2c(c1)N=C(C1CCCCC1)c1ccccc1S2. The highest BCUT2D eigenvalue weighted by atomic mass is 35.5. The van der Waals surface area contributed by atoms with Crippen LogP contribution in [0.2, 0.25) is 5.02 Å². The molecule has 3 aromatic rings. The van der Waals surface area contributed by atoms with Crippen LogP contribution in [-0.2, 0) is 6.42 Å². The van der Waals surface area contributed by atoms with Crippen LogP contribution in [0.5, 0.6) is 0 Å². The van der Waals surface area contributed by atoms with E-state index in [9.17, 15) is 4.79 Å². The lowest BCUT2D eigenvalue weighted by molar-refractivity contribution is 0.0954. The maximum absolute atomic E-state index is 12.9. The maximum Gasteiger partial charge on any atom is 0.251 e. The quantitative estimate of drug-likeness (QED) is 0.416. The molecule has 0 atom stereocenters. The average molecular weight is 475 g/mol. The number of carbonyl (C=O) groups excluding carboxylic acids is 1. The minimum Gasteiger partial charge on any atom is -0.352 e. The molecular formula is C28H27ClN2OS. The fraction of sp³-hybridized carbons (Fsp3) is 0.286. The Hall–Kier alpha value is -2.56. The molecule has 0 unspecified atom stereocenters. The number of hydrogen-bond donors (Lipinski definition) is 1. The van der Waals surface area contributed by atoms with Gasteiger partial charge in [-0.3, -0.25) is 9.79 Å². The third-order valence-corrected chi connectivity index (χ3v) is 7.80. The van der Waals surface area contributed by atoms with Crippen molar-refractivity contribution in [1.29, 1.82) is 0 Å². The summed E-state index contributed by atoms with van der Waals surface area (Å²) in [6.07, 6.45) is 6.97. The highest BCUT2D eigenvalue weighted by Crippen LogP contribution is 2.43. The lowest BCUT2D eigenvalue weighted by atomic mass is 9.83. The molecule has 1 fully saturated rings. The minimum absolute atomic E-state index is 0.0685. The van der Waals surface area contributed by atoms with Crippen LogP contribution in [0, 0.1) is 5.92 Å². The summed E-state index contributed by atoms with van der Waals surface area (Å²) < 4.78 is 0. The Labute approximate surface area is 204 Å². The van der Waals surface area contributed by atoms with Gasteiger partial charge >= 0.3 is 0 Å². The predicted octanol–water partition coefficient (Wildman–Crippen LogP) is 7.48. The first-order chi connectivity index (χ1) is 16.2. The Balaban J connectivity index is 1.38. The van der Waals surface area contributed by atoms with E-state index in [4.69, 9.17) is 16.6 Å². The fourth-order valence-corrected chi connectivity index (χ4v) is 5.93. The van der Waals surface area contributed by atoms with E-state index < -0.39 is 0 Å². The Morgan fingerprint density at radius 2 is 1.82 bits per heavy atom. The van der Waals surface area contributed by atoms with E-state index in [1.807, 2.05) is 42.5 Å². The van der Waals surface area contributed by atoms with Crippen LogP contribution in [-0.4, -0.2) is 18.2 Å². The largest absolute Gasteiger partial charge is 0.352 e. The molecule has 0 spiro atoms. The molecule has 3 aromatic carbocycles. The van der Waals surface area contributed by atoms with E-state index in [0.717, 1.165) is 27.6 Å². The van der Waals surface area contributed by atoms with Crippen molar-refractivity contribution >= 4 is 40.7 Å². The van der Waals surface area contributed by atoms with Gasteiger partial charge in [0.25, 0.3) is 5.91 Å². The molecule has 5 heteroatoms. The molecule has 1 N–H and O–H groups in total. The van der Waals surface area contributed by atoms with Crippen molar-refractivity contribution in [2.45, 2.75) is 48.3 Å². The second kappa shape index (κ2) is 10.1. The van der Waals surface area contributed by atoms with Crippen molar-refractivity contribution in [2.24, 2.45) is 10.9 Å². The first kappa shape index (κ1) is 22.2. The Morgan fingerprint density at radius 1 is 0.970 bits per heavy atom. The molecule has 1 aliphatic heterocycles. The van der Waals surface area contributed by atoms with Crippen LogP contribution in [0.25, 0.3) is 0 Å². The first-order valence-corrected chi connectivity index (χ1v) is 12.9. The smallest absolute Gasteiger partial charge is 0.251 e. The highest BCUT2D eigenvalue weighted by molar-refractivity contribution is 7.99. The highest BCUT2D eigenvalue weighted by Gasteiger charge is 2.26. The standard InChI is InChI=1S/C28H27ClN2OS/c29-22-10-6-7-19(17-22)15-16-30-28(32)21-13-14-26-24(18-21)31-27(20-8-2-1-3-9-20)23-11-4-5-12-25(23)33-26/h4-7,10-14,17-18,20H,1-3,8-9,15-16H2,(H,30,32). The molecule has 1 heterocycles. The topological polar surface area (TPSA) is 41.5 Å². The van der Waals surface area contributed by atoms with Crippen molar-refractivity contribution in [3.8, 4) is 0 Å². The zero-order valence-electron chi connectivity index (χ0n) is 18.5. The molecule has 1 saturated carbocycles. The van der Waals surface area contributed by atoms with E-state index in [2.05, 4.69) is 29.6 Å². The fourth-order valence-electron chi connectivity index (χ4n) is 4.71. The van der Waals surface area contributed by atoms with Crippen LogP contribution in [0.3, 0.4) is 0 Å². The Kier molecular flexibility index (Phi) is 6.84. The monoisotopic (exact) mass is 474 g/mol. The number of aliphatic imine (C=N–C) groups is 1. The van der Waals surface area contributed by atoms with Gasteiger partial charge in [-0.2, -0.15) is 0 Å². The van der Waals surface area contributed by atoms with Gasteiger partial charge in [-0.1, -0.05) is 73.0 Å². The van der Waals surface area contributed by atoms with E-state index >= 15 is 0 Å². The average Bonchev–Trinajstić information content (AvgIpc) is 3.01. The molecule has 2 aliphatic rings. The van der Waals surface area contributed by atoms with E-state index in [1.165, 1.54) is 48.3 Å². The number of carbonyl (C=O) groups is 1. The molecular weight excluding hydrogens is 448 g/mol. The normalized spacial score (nSPS) is 15.7. The third-order valence-electron chi connectivity index (χ3n) is 6.43.